The van der Waals surface area contributed by atoms with Gasteiger partial charge >= 0.3 is 6.01 Å². The second-order valence-electron chi connectivity index (χ2n) is 4.00. The first-order valence-electron chi connectivity index (χ1n) is 5.57. The lowest BCUT2D eigenvalue weighted by Crippen LogP contribution is -2.03. The summed E-state index contributed by atoms with van der Waals surface area (Å²) in [7, 11) is 0. The molecule has 0 aliphatic carbocycles. The van der Waals surface area contributed by atoms with Gasteiger partial charge in [-0.15, -0.1) is 0 Å². The summed E-state index contributed by atoms with van der Waals surface area (Å²) in [6, 6.07) is 7.96. The largest absolute Gasteiger partial charge is 0.424 e. The number of ether oxygens (including phenoxy) is 1. The molecule has 94 valence electrons. The number of benzene rings is 1. The third-order valence-corrected chi connectivity index (χ3v) is 2.93. The Balaban J connectivity index is 2.30. The van der Waals surface area contributed by atoms with E-state index in [1.807, 2.05) is 38.1 Å². The molecule has 0 aliphatic heterocycles. The quantitative estimate of drug-likeness (QED) is 0.946. The van der Waals surface area contributed by atoms with Gasteiger partial charge in [0.1, 0.15) is 5.75 Å². The van der Waals surface area contributed by atoms with Crippen LogP contribution in [0.2, 0.25) is 0 Å². The van der Waals surface area contributed by atoms with E-state index in [2.05, 4.69) is 25.9 Å². The average molecular weight is 308 g/mol. The Hall–Kier alpha value is -1.46. The van der Waals surface area contributed by atoms with Gasteiger partial charge in [-0.05, 0) is 43.7 Å². The second-order valence-corrected chi connectivity index (χ2v) is 4.91. The summed E-state index contributed by atoms with van der Waals surface area (Å²) in [5.41, 5.74) is 8.21. The molecule has 0 spiro atoms. The van der Waals surface area contributed by atoms with Gasteiger partial charge < -0.3 is 10.5 Å². The highest BCUT2D eigenvalue weighted by Crippen LogP contribution is 2.25. The maximum atomic E-state index is 5.69. The molecular weight excluding hydrogens is 294 g/mol. The molecule has 0 unspecified atom stereocenters. The lowest BCUT2D eigenvalue weighted by Gasteiger charge is -2.08. The van der Waals surface area contributed by atoms with Crippen molar-refractivity contribution in [3.8, 4) is 11.8 Å². The van der Waals surface area contributed by atoms with Gasteiger partial charge in [0, 0.05) is 16.7 Å². The lowest BCUT2D eigenvalue weighted by molar-refractivity contribution is 0.434. The molecule has 2 aromatic rings. The second kappa shape index (κ2) is 5.46. The van der Waals surface area contributed by atoms with Gasteiger partial charge in [0.05, 0.1) is 5.69 Å². The molecule has 0 saturated heterocycles. The van der Waals surface area contributed by atoms with Gasteiger partial charge in [0.25, 0.3) is 0 Å². The molecule has 18 heavy (non-hydrogen) atoms. The molecule has 0 radical (unpaired) electrons. The average Bonchev–Trinajstić information content (AvgIpc) is 2.32. The van der Waals surface area contributed by atoms with E-state index in [4.69, 9.17) is 10.5 Å². The molecule has 0 saturated carbocycles. The Morgan fingerprint density at radius 1 is 1.22 bits per heavy atom. The first kappa shape index (κ1) is 13.0. The van der Waals surface area contributed by atoms with Crippen LogP contribution in [0.3, 0.4) is 0 Å². The first-order chi connectivity index (χ1) is 8.58. The van der Waals surface area contributed by atoms with Gasteiger partial charge in [-0.25, -0.2) is 4.98 Å². The van der Waals surface area contributed by atoms with E-state index >= 15 is 0 Å². The van der Waals surface area contributed by atoms with Crippen LogP contribution in [0.25, 0.3) is 0 Å². The molecule has 0 atom stereocenters. The van der Waals surface area contributed by atoms with E-state index in [1.54, 1.807) is 0 Å². The summed E-state index contributed by atoms with van der Waals surface area (Å²) >= 11 is 3.41. The molecule has 1 aromatic carbocycles. The SMILES string of the molecule is Cc1cc(CN)nc(Oc2ccc(Br)cc2C)n1. The number of hydrogen-bond acceptors (Lipinski definition) is 4. The van der Waals surface area contributed by atoms with Crippen LogP contribution in [0.1, 0.15) is 17.0 Å². The highest BCUT2D eigenvalue weighted by molar-refractivity contribution is 9.10. The van der Waals surface area contributed by atoms with Crippen LogP contribution >= 0.6 is 15.9 Å². The molecule has 0 aliphatic rings. The minimum Gasteiger partial charge on any atom is -0.424 e. The van der Waals surface area contributed by atoms with E-state index in [1.165, 1.54) is 0 Å². The highest BCUT2D eigenvalue weighted by Gasteiger charge is 2.06. The molecular formula is C13H14BrN3O. The third-order valence-electron chi connectivity index (χ3n) is 2.43. The van der Waals surface area contributed by atoms with Crippen molar-refractivity contribution in [2.45, 2.75) is 20.4 Å². The number of rotatable bonds is 3. The van der Waals surface area contributed by atoms with Crippen molar-refractivity contribution in [3.05, 3.63) is 45.7 Å². The van der Waals surface area contributed by atoms with Crippen LogP contribution in [-0.4, -0.2) is 9.97 Å². The first-order valence-corrected chi connectivity index (χ1v) is 6.36. The number of aryl methyl sites for hydroxylation is 2. The van der Waals surface area contributed by atoms with Crippen LogP contribution in [0.5, 0.6) is 11.8 Å². The fraction of sp³-hybridized carbons (Fsp3) is 0.231. The minimum absolute atomic E-state index is 0.334. The Morgan fingerprint density at radius 2 is 2.00 bits per heavy atom. The third kappa shape index (κ3) is 3.05. The Bertz CT molecular complexity index is 572. The fourth-order valence-electron chi connectivity index (χ4n) is 1.58. The Morgan fingerprint density at radius 3 is 2.67 bits per heavy atom. The molecule has 1 aromatic heterocycles. The van der Waals surface area contributed by atoms with Crippen molar-refractivity contribution in [2.75, 3.05) is 0 Å². The zero-order valence-electron chi connectivity index (χ0n) is 10.3. The van der Waals surface area contributed by atoms with Crippen molar-refractivity contribution in [1.82, 2.24) is 9.97 Å². The highest BCUT2D eigenvalue weighted by atomic mass is 79.9. The normalized spacial score (nSPS) is 10.4. The molecule has 0 amide bonds. The van der Waals surface area contributed by atoms with Crippen LogP contribution < -0.4 is 10.5 Å². The lowest BCUT2D eigenvalue weighted by atomic mass is 10.2. The molecule has 5 heteroatoms. The van der Waals surface area contributed by atoms with Crippen LogP contribution in [0.15, 0.2) is 28.7 Å². The van der Waals surface area contributed by atoms with Gasteiger partial charge in [-0.3, -0.25) is 0 Å². The zero-order valence-corrected chi connectivity index (χ0v) is 11.9. The summed E-state index contributed by atoms with van der Waals surface area (Å²) in [6.45, 7) is 4.24. The predicted molar refractivity (Wildman–Crippen MR) is 73.6 cm³/mol. The van der Waals surface area contributed by atoms with Crippen molar-refractivity contribution in [1.29, 1.82) is 0 Å². The summed E-state index contributed by atoms with van der Waals surface area (Å²) in [5, 5.41) is 0. The Labute approximate surface area is 114 Å². The zero-order chi connectivity index (χ0) is 13.1. The van der Waals surface area contributed by atoms with E-state index in [-0.39, 0.29) is 0 Å². The molecule has 1 heterocycles. The summed E-state index contributed by atoms with van der Waals surface area (Å²) in [5.74, 6) is 0.742. The van der Waals surface area contributed by atoms with Crippen LogP contribution in [0, 0.1) is 13.8 Å². The summed E-state index contributed by atoms with van der Waals surface area (Å²) in [4.78, 5) is 8.48. The molecule has 4 nitrogen and oxygen atoms in total. The number of hydrogen-bond donors (Lipinski definition) is 1. The van der Waals surface area contributed by atoms with Gasteiger partial charge in [0.15, 0.2) is 0 Å². The van der Waals surface area contributed by atoms with Gasteiger partial charge in [-0.2, -0.15) is 4.98 Å². The van der Waals surface area contributed by atoms with Gasteiger partial charge in [-0.1, -0.05) is 15.9 Å². The van der Waals surface area contributed by atoms with Crippen molar-refractivity contribution >= 4 is 15.9 Å². The van der Waals surface area contributed by atoms with Crippen molar-refractivity contribution < 1.29 is 4.74 Å². The predicted octanol–water partition coefficient (Wildman–Crippen LogP) is 3.11. The molecule has 0 bridgehead atoms. The summed E-state index contributed by atoms with van der Waals surface area (Å²) < 4.78 is 6.70. The van der Waals surface area contributed by atoms with E-state index in [0.29, 0.717) is 12.6 Å². The number of halogens is 1. The van der Waals surface area contributed by atoms with E-state index < -0.39 is 0 Å². The van der Waals surface area contributed by atoms with Crippen LogP contribution in [0.4, 0.5) is 0 Å². The summed E-state index contributed by atoms with van der Waals surface area (Å²) in [6.07, 6.45) is 0. The fourth-order valence-corrected chi connectivity index (χ4v) is 2.06. The van der Waals surface area contributed by atoms with E-state index in [9.17, 15) is 0 Å². The van der Waals surface area contributed by atoms with E-state index in [0.717, 1.165) is 27.2 Å². The number of nitrogens with two attached hydrogens (primary N) is 1. The van der Waals surface area contributed by atoms with Crippen LogP contribution in [-0.2, 0) is 6.54 Å². The minimum atomic E-state index is 0.334. The molecule has 2 N–H and O–H groups in total. The maximum Gasteiger partial charge on any atom is 0.322 e. The smallest absolute Gasteiger partial charge is 0.322 e. The monoisotopic (exact) mass is 307 g/mol. The molecule has 0 fully saturated rings. The number of nitrogens with zero attached hydrogens (tertiary/aromatic N) is 2. The van der Waals surface area contributed by atoms with Gasteiger partial charge in [0.2, 0.25) is 0 Å². The van der Waals surface area contributed by atoms with Crippen molar-refractivity contribution in [3.63, 3.8) is 0 Å². The van der Waals surface area contributed by atoms with Crippen molar-refractivity contribution in [2.24, 2.45) is 5.73 Å². The maximum absolute atomic E-state index is 5.69. The number of aromatic nitrogens is 2. The topological polar surface area (TPSA) is 61.0 Å². The molecule has 2 rings (SSSR count). The Kier molecular flexibility index (Phi) is 3.93. The standard InChI is InChI=1S/C13H14BrN3O/c1-8-5-10(14)3-4-12(8)18-13-16-9(2)6-11(7-15)17-13/h3-6H,7,15H2,1-2H3.